The van der Waals surface area contributed by atoms with E-state index < -0.39 is 5.97 Å². The van der Waals surface area contributed by atoms with E-state index in [1.807, 2.05) is 32.0 Å². The lowest BCUT2D eigenvalue weighted by Crippen LogP contribution is -2.04. The molecule has 1 aromatic carbocycles. The highest BCUT2D eigenvalue weighted by molar-refractivity contribution is 5.97. The quantitative estimate of drug-likeness (QED) is 0.763. The van der Waals surface area contributed by atoms with Crippen LogP contribution in [0.3, 0.4) is 0 Å². The van der Waals surface area contributed by atoms with Gasteiger partial charge in [-0.15, -0.1) is 0 Å². The molecule has 0 saturated heterocycles. The first-order valence-electron chi connectivity index (χ1n) is 5.67. The number of nitrogens with zero attached hydrogens (tertiary/aromatic N) is 1. The minimum Gasteiger partial charge on any atom is -0.465 e. The van der Waals surface area contributed by atoms with Gasteiger partial charge in [-0.1, -0.05) is 23.4 Å². The molecule has 0 aliphatic carbocycles. The van der Waals surface area contributed by atoms with Gasteiger partial charge in [0.2, 0.25) is 0 Å². The van der Waals surface area contributed by atoms with Crippen molar-refractivity contribution in [3.8, 4) is 11.3 Å². The minimum absolute atomic E-state index is 0.395. The maximum absolute atomic E-state index is 11.8. The summed E-state index contributed by atoms with van der Waals surface area (Å²) < 4.78 is 9.89. The van der Waals surface area contributed by atoms with E-state index in [4.69, 9.17) is 9.26 Å². The fraction of sp³-hybridized carbons (Fsp3) is 0.286. The Kier molecular flexibility index (Phi) is 3.19. The second-order valence-corrected chi connectivity index (χ2v) is 4.20. The smallest absolute Gasteiger partial charge is 0.343 e. The van der Waals surface area contributed by atoms with Crippen LogP contribution in [0, 0.1) is 20.8 Å². The van der Waals surface area contributed by atoms with Crippen LogP contribution in [0.25, 0.3) is 11.3 Å². The zero-order valence-corrected chi connectivity index (χ0v) is 10.9. The van der Waals surface area contributed by atoms with Crippen molar-refractivity contribution in [2.75, 3.05) is 7.11 Å². The highest BCUT2D eigenvalue weighted by Crippen LogP contribution is 2.29. The Bertz CT molecular complexity index is 599. The van der Waals surface area contributed by atoms with Crippen LogP contribution in [0.2, 0.25) is 0 Å². The van der Waals surface area contributed by atoms with Crippen molar-refractivity contribution >= 4 is 5.97 Å². The summed E-state index contributed by atoms with van der Waals surface area (Å²) >= 11 is 0. The first kappa shape index (κ1) is 12.4. The summed E-state index contributed by atoms with van der Waals surface area (Å²) in [6.07, 6.45) is 0. The van der Waals surface area contributed by atoms with Gasteiger partial charge < -0.3 is 9.26 Å². The van der Waals surface area contributed by atoms with Crippen molar-refractivity contribution in [3.05, 3.63) is 40.6 Å². The molecule has 0 atom stereocenters. The van der Waals surface area contributed by atoms with Crippen LogP contribution < -0.4 is 0 Å². The van der Waals surface area contributed by atoms with E-state index >= 15 is 0 Å². The molecular weight excluding hydrogens is 230 g/mol. The van der Waals surface area contributed by atoms with Crippen LogP contribution in [0.4, 0.5) is 0 Å². The summed E-state index contributed by atoms with van der Waals surface area (Å²) in [6.45, 7) is 5.72. The van der Waals surface area contributed by atoms with Gasteiger partial charge in [-0.3, -0.25) is 0 Å². The molecule has 94 valence electrons. The zero-order valence-electron chi connectivity index (χ0n) is 10.9. The number of methoxy groups -OCH3 is 1. The maximum Gasteiger partial charge on any atom is 0.343 e. The molecule has 0 bridgehead atoms. The molecule has 0 saturated carbocycles. The Labute approximate surface area is 106 Å². The van der Waals surface area contributed by atoms with Gasteiger partial charge in [-0.25, -0.2) is 4.79 Å². The van der Waals surface area contributed by atoms with Crippen molar-refractivity contribution in [3.63, 3.8) is 0 Å². The van der Waals surface area contributed by atoms with Crippen molar-refractivity contribution in [1.82, 2.24) is 5.16 Å². The average Bonchev–Trinajstić information content (AvgIpc) is 2.73. The van der Waals surface area contributed by atoms with E-state index in [1.54, 1.807) is 6.92 Å². The molecule has 1 aromatic heterocycles. The highest BCUT2D eigenvalue weighted by Gasteiger charge is 2.23. The Hall–Kier alpha value is -2.10. The lowest BCUT2D eigenvalue weighted by molar-refractivity contribution is 0.0599. The summed E-state index contributed by atoms with van der Waals surface area (Å²) in [6, 6.07) is 5.87. The molecule has 0 fully saturated rings. The van der Waals surface area contributed by atoms with Crippen LogP contribution in [-0.4, -0.2) is 18.2 Å². The van der Waals surface area contributed by atoms with Gasteiger partial charge in [0.25, 0.3) is 0 Å². The second-order valence-electron chi connectivity index (χ2n) is 4.20. The first-order valence-corrected chi connectivity index (χ1v) is 5.67. The van der Waals surface area contributed by atoms with Crippen LogP contribution in [0.15, 0.2) is 22.7 Å². The largest absolute Gasteiger partial charge is 0.465 e. The van der Waals surface area contributed by atoms with Crippen molar-refractivity contribution in [2.45, 2.75) is 20.8 Å². The van der Waals surface area contributed by atoms with Gasteiger partial charge >= 0.3 is 5.97 Å². The number of carbonyl (C=O) groups excluding carboxylic acids is 1. The third kappa shape index (κ3) is 1.90. The SMILES string of the molecule is COC(=O)c1c(-c2cccc(C)c2C)noc1C. The van der Waals surface area contributed by atoms with E-state index in [1.165, 1.54) is 7.11 Å². The van der Waals surface area contributed by atoms with E-state index in [0.29, 0.717) is 17.0 Å². The number of ether oxygens (including phenoxy) is 1. The molecular formula is C14H15NO3. The monoisotopic (exact) mass is 245 g/mol. The highest BCUT2D eigenvalue weighted by atomic mass is 16.5. The number of aromatic nitrogens is 1. The molecule has 4 nitrogen and oxygen atoms in total. The summed E-state index contributed by atoms with van der Waals surface area (Å²) in [7, 11) is 1.35. The Balaban J connectivity index is 2.65. The second kappa shape index (κ2) is 4.64. The third-order valence-electron chi connectivity index (χ3n) is 3.11. The Morgan fingerprint density at radius 3 is 2.67 bits per heavy atom. The lowest BCUT2D eigenvalue weighted by atomic mass is 9.98. The van der Waals surface area contributed by atoms with E-state index in [-0.39, 0.29) is 0 Å². The van der Waals surface area contributed by atoms with E-state index in [2.05, 4.69) is 5.16 Å². The fourth-order valence-corrected chi connectivity index (χ4v) is 1.91. The first-order chi connectivity index (χ1) is 8.56. The third-order valence-corrected chi connectivity index (χ3v) is 3.11. The topological polar surface area (TPSA) is 52.3 Å². The molecule has 0 unspecified atom stereocenters. The molecule has 0 spiro atoms. The van der Waals surface area contributed by atoms with Crippen molar-refractivity contribution in [1.29, 1.82) is 0 Å². The predicted octanol–water partition coefficient (Wildman–Crippen LogP) is 3.05. The molecule has 2 rings (SSSR count). The molecule has 18 heavy (non-hydrogen) atoms. The summed E-state index contributed by atoms with van der Waals surface area (Å²) in [5.41, 5.74) is 4.05. The van der Waals surface area contributed by atoms with Gasteiger partial charge in [-0.2, -0.15) is 0 Å². The molecule has 2 aromatic rings. The number of hydrogen-bond donors (Lipinski definition) is 0. The van der Waals surface area contributed by atoms with E-state index in [0.717, 1.165) is 16.7 Å². The molecule has 0 aliphatic heterocycles. The van der Waals surface area contributed by atoms with Gasteiger partial charge in [-0.05, 0) is 31.9 Å². The summed E-state index contributed by atoms with van der Waals surface area (Å²) in [5, 5.41) is 3.98. The Morgan fingerprint density at radius 2 is 2.00 bits per heavy atom. The van der Waals surface area contributed by atoms with Crippen LogP contribution >= 0.6 is 0 Å². The number of aryl methyl sites for hydroxylation is 2. The number of benzene rings is 1. The maximum atomic E-state index is 11.8. The van der Waals surface area contributed by atoms with Gasteiger partial charge in [0.15, 0.2) is 0 Å². The normalized spacial score (nSPS) is 10.4. The number of rotatable bonds is 2. The molecule has 0 amide bonds. The Morgan fingerprint density at radius 1 is 1.28 bits per heavy atom. The van der Waals surface area contributed by atoms with Crippen molar-refractivity contribution < 1.29 is 14.1 Å². The molecule has 0 N–H and O–H groups in total. The van der Waals surface area contributed by atoms with Crippen LogP contribution in [0.5, 0.6) is 0 Å². The zero-order chi connectivity index (χ0) is 13.3. The fourth-order valence-electron chi connectivity index (χ4n) is 1.91. The minimum atomic E-state index is -0.426. The molecule has 1 heterocycles. The summed E-state index contributed by atoms with van der Waals surface area (Å²) in [5.74, 6) is 0.0439. The number of esters is 1. The molecule has 0 aliphatic rings. The van der Waals surface area contributed by atoms with Gasteiger partial charge in [0.05, 0.1) is 7.11 Å². The average molecular weight is 245 g/mol. The number of hydrogen-bond acceptors (Lipinski definition) is 4. The summed E-state index contributed by atoms with van der Waals surface area (Å²) in [4.78, 5) is 11.8. The lowest BCUT2D eigenvalue weighted by Gasteiger charge is -2.06. The van der Waals surface area contributed by atoms with Crippen LogP contribution in [0.1, 0.15) is 27.2 Å². The standard InChI is InChI=1S/C14H15NO3/c1-8-6-5-7-11(9(8)2)13-12(14(16)17-4)10(3)18-15-13/h5-7H,1-4H3. The van der Waals surface area contributed by atoms with Gasteiger partial charge in [0.1, 0.15) is 17.0 Å². The van der Waals surface area contributed by atoms with Crippen molar-refractivity contribution in [2.24, 2.45) is 0 Å². The van der Waals surface area contributed by atoms with Crippen LogP contribution in [-0.2, 0) is 4.74 Å². The molecule has 4 heteroatoms. The predicted molar refractivity (Wildman–Crippen MR) is 67.5 cm³/mol. The van der Waals surface area contributed by atoms with E-state index in [9.17, 15) is 4.79 Å². The van der Waals surface area contributed by atoms with Gasteiger partial charge in [0, 0.05) is 5.56 Å². The molecule has 0 radical (unpaired) electrons. The number of carbonyl (C=O) groups is 1.